The molecule has 0 amide bonds. The summed E-state index contributed by atoms with van der Waals surface area (Å²) in [4.78, 5) is 8.04. The van der Waals surface area contributed by atoms with E-state index >= 15 is 0 Å². The van der Waals surface area contributed by atoms with Crippen molar-refractivity contribution in [3.05, 3.63) is 72.7 Å². The lowest BCUT2D eigenvalue weighted by Crippen LogP contribution is -1.93. The fourth-order valence-corrected chi connectivity index (χ4v) is 2.08. The lowest BCUT2D eigenvalue weighted by Gasteiger charge is -2.07. The van der Waals surface area contributed by atoms with E-state index in [1.54, 1.807) is 6.20 Å². The average Bonchev–Trinajstić information content (AvgIpc) is 2.49. The molecule has 2 aromatic carbocycles. The van der Waals surface area contributed by atoms with Gasteiger partial charge in [-0.1, -0.05) is 42.0 Å². The zero-order valence-corrected chi connectivity index (χ0v) is 11.2. The molecule has 1 heterocycles. The molecular formula is C17H15N3. The molecule has 1 aromatic heterocycles. The van der Waals surface area contributed by atoms with Gasteiger partial charge in [0.1, 0.15) is 12.1 Å². The summed E-state index contributed by atoms with van der Waals surface area (Å²) >= 11 is 0. The second kappa shape index (κ2) is 5.53. The van der Waals surface area contributed by atoms with E-state index in [9.17, 15) is 0 Å². The van der Waals surface area contributed by atoms with Crippen LogP contribution in [0.1, 0.15) is 5.56 Å². The van der Waals surface area contributed by atoms with Gasteiger partial charge >= 0.3 is 0 Å². The van der Waals surface area contributed by atoms with Crippen molar-refractivity contribution in [3.63, 3.8) is 0 Å². The smallest absolute Gasteiger partial charge is 0.133 e. The molecule has 0 aliphatic heterocycles. The van der Waals surface area contributed by atoms with Crippen molar-refractivity contribution in [3.8, 4) is 11.1 Å². The first-order valence-electron chi connectivity index (χ1n) is 6.51. The van der Waals surface area contributed by atoms with Crippen LogP contribution in [0.3, 0.4) is 0 Å². The van der Waals surface area contributed by atoms with Crippen LogP contribution in [-0.2, 0) is 0 Å². The number of hydrogen-bond donors (Lipinski definition) is 1. The normalized spacial score (nSPS) is 10.2. The van der Waals surface area contributed by atoms with Gasteiger partial charge in [0.05, 0.1) is 0 Å². The predicted octanol–water partition coefficient (Wildman–Crippen LogP) is 4.20. The highest BCUT2D eigenvalue weighted by Crippen LogP contribution is 2.23. The maximum atomic E-state index is 4.14. The molecule has 0 aliphatic rings. The van der Waals surface area contributed by atoms with Gasteiger partial charge in [0.25, 0.3) is 0 Å². The minimum Gasteiger partial charge on any atom is -0.340 e. The lowest BCUT2D eigenvalue weighted by molar-refractivity contribution is 1.17. The summed E-state index contributed by atoms with van der Waals surface area (Å²) in [6, 6.07) is 18.7. The Hall–Kier alpha value is -2.68. The van der Waals surface area contributed by atoms with Crippen LogP contribution in [0, 0.1) is 6.92 Å². The van der Waals surface area contributed by atoms with Crippen LogP contribution in [0.5, 0.6) is 0 Å². The van der Waals surface area contributed by atoms with E-state index < -0.39 is 0 Å². The fraction of sp³-hybridized carbons (Fsp3) is 0.0588. The second-order valence-electron chi connectivity index (χ2n) is 4.67. The average molecular weight is 261 g/mol. The summed E-state index contributed by atoms with van der Waals surface area (Å²) in [7, 11) is 0. The quantitative estimate of drug-likeness (QED) is 0.768. The van der Waals surface area contributed by atoms with Crippen LogP contribution in [-0.4, -0.2) is 9.97 Å². The third-order valence-corrected chi connectivity index (χ3v) is 3.09. The molecule has 0 fully saturated rings. The molecule has 1 N–H and O–H groups in total. The zero-order valence-electron chi connectivity index (χ0n) is 11.2. The first kappa shape index (κ1) is 12.4. The molecule has 3 heteroatoms. The van der Waals surface area contributed by atoms with Crippen molar-refractivity contribution < 1.29 is 0 Å². The Morgan fingerprint density at radius 1 is 0.900 bits per heavy atom. The van der Waals surface area contributed by atoms with Gasteiger partial charge in [0.2, 0.25) is 0 Å². The van der Waals surface area contributed by atoms with Gasteiger partial charge in [-0.05, 0) is 36.2 Å². The molecule has 98 valence electrons. The predicted molar refractivity (Wildman–Crippen MR) is 81.9 cm³/mol. The van der Waals surface area contributed by atoms with Crippen LogP contribution in [0.4, 0.5) is 11.5 Å². The molecule has 0 aliphatic carbocycles. The van der Waals surface area contributed by atoms with E-state index in [-0.39, 0.29) is 0 Å². The molecule has 0 saturated heterocycles. The molecule has 3 aromatic rings. The summed E-state index contributed by atoms with van der Waals surface area (Å²) in [6.07, 6.45) is 3.25. The maximum Gasteiger partial charge on any atom is 0.133 e. The molecule has 0 unspecified atom stereocenters. The highest BCUT2D eigenvalue weighted by Gasteiger charge is 1.99. The van der Waals surface area contributed by atoms with E-state index in [4.69, 9.17) is 0 Å². The Morgan fingerprint density at radius 2 is 1.75 bits per heavy atom. The summed E-state index contributed by atoms with van der Waals surface area (Å²) in [6.45, 7) is 2.11. The molecule has 0 atom stereocenters. The van der Waals surface area contributed by atoms with Crippen molar-refractivity contribution in [2.45, 2.75) is 6.92 Å². The van der Waals surface area contributed by atoms with Gasteiger partial charge in [0.15, 0.2) is 0 Å². The molecular weight excluding hydrogens is 246 g/mol. The Labute approximate surface area is 118 Å². The van der Waals surface area contributed by atoms with Crippen LogP contribution in [0.25, 0.3) is 11.1 Å². The molecule has 0 spiro atoms. The molecule has 20 heavy (non-hydrogen) atoms. The molecule has 3 nitrogen and oxygen atoms in total. The maximum absolute atomic E-state index is 4.14. The largest absolute Gasteiger partial charge is 0.340 e. The van der Waals surface area contributed by atoms with E-state index in [0.717, 1.165) is 11.5 Å². The SMILES string of the molecule is Cc1cccc(-c2ccc(Nc3ccncn3)cc2)c1. The van der Waals surface area contributed by atoms with E-state index in [0.29, 0.717) is 0 Å². The fourth-order valence-electron chi connectivity index (χ4n) is 2.08. The van der Waals surface area contributed by atoms with Gasteiger partial charge in [-0.2, -0.15) is 0 Å². The minimum atomic E-state index is 0.795. The minimum absolute atomic E-state index is 0.795. The van der Waals surface area contributed by atoms with Crippen LogP contribution >= 0.6 is 0 Å². The van der Waals surface area contributed by atoms with E-state index in [1.165, 1.54) is 23.0 Å². The number of aryl methyl sites for hydroxylation is 1. The van der Waals surface area contributed by atoms with E-state index in [1.807, 2.05) is 6.07 Å². The summed E-state index contributed by atoms with van der Waals surface area (Å²) in [5, 5.41) is 3.24. The first-order chi connectivity index (χ1) is 9.81. The van der Waals surface area contributed by atoms with Crippen molar-refractivity contribution in [1.29, 1.82) is 0 Å². The number of hydrogen-bond acceptors (Lipinski definition) is 3. The number of anilines is 2. The third kappa shape index (κ3) is 2.83. The monoisotopic (exact) mass is 261 g/mol. The summed E-state index contributed by atoms with van der Waals surface area (Å²) in [5.74, 6) is 0.795. The number of aromatic nitrogens is 2. The van der Waals surface area contributed by atoms with Gasteiger partial charge in [-0.25, -0.2) is 9.97 Å². The molecule has 0 saturated carbocycles. The van der Waals surface area contributed by atoms with Gasteiger partial charge in [-0.3, -0.25) is 0 Å². The second-order valence-corrected chi connectivity index (χ2v) is 4.67. The molecule has 0 bridgehead atoms. The summed E-state index contributed by atoms with van der Waals surface area (Å²) < 4.78 is 0. The van der Waals surface area contributed by atoms with Crippen LogP contribution in [0.15, 0.2) is 67.1 Å². The van der Waals surface area contributed by atoms with E-state index in [2.05, 4.69) is 70.7 Å². The van der Waals surface area contributed by atoms with Crippen molar-refractivity contribution in [2.24, 2.45) is 0 Å². The summed E-state index contributed by atoms with van der Waals surface area (Å²) in [5.41, 5.74) is 4.73. The number of nitrogens with zero attached hydrogens (tertiary/aromatic N) is 2. The van der Waals surface area contributed by atoms with Gasteiger partial charge in [-0.15, -0.1) is 0 Å². The van der Waals surface area contributed by atoms with Crippen molar-refractivity contribution in [2.75, 3.05) is 5.32 Å². The number of nitrogens with one attached hydrogen (secondary N) is 1. The van der Waals surface area contributed by atoms with Crippen molar-refractivity contribution >= 4 is 11.5 Å². The Morgan fingerprint density at radius 3 is 2.45 bits per heavy atom. The first-order valence-corrected chi connectivity index (χ1v) is 6.51. The highest BCUT2D eigenvalue weighted by molar-refractivity contribution is 5.68. The Bertz CT molecular complexity index is 691. The molecule has 3 rings (SSSR count). The number of benzene rings is 2. The van der Waals surface area contributed by atoms with Gasteiger partial charge in [0, 0.05) is 11.9 Å². The lowest BCUT2D eigenvalue weighted by atomic mass is 10.0. The van der Waals surface area contributed by atoms with Crippen LogP contribution in [0.2, 0.25) is 0 Å². The topological polar surface area (TPSA) is 37.8 Å². The van der Waals surface area contributed by atoms with Crippen LogP contribution < -0.4 is 5.32 Å². The molecule has 0 radical (unpaired) electrons. The Kier molecular flexibility index (Phi) is 3.42. The highest BCUT2D eigenvalue weighted by atomic mass is 15.0. The number of rotatable bonds is 3. The third-order valence-electron chi connectivity index (χ3n) is 3.09. The van der Waals surface area contributed by atoms with Gasteiger partial charge < -0.3 is 5.32 Å². The Balaban J connectivity index is 1.81. The zero-order chi connectivity index (χ0) is 13.8. The standard InChI is InChI=1S/C17H15N3/c1-13-3-2-4-15(11-13)14-5-7-16(8-6-14)20-17-9-10-18-12-19-17/h2-12H,1H3,(H,18,19,20). The van der Waals surface area contributed by atoms with Crippen molar-refractivity contribution in [1.82, 2.24) is 9.97 Å².